The Bertz CT molecular complexity index is 346. The highest BCUT2D eigenvalue weighted by Gasteiger charge is 2.31. The SMILES string of the molecule is Cl.NC[C@H]1CCC[C@H]1C(=O)NCCC(=O)N1CCCCC1. The Labute approximate surface area is 133 Å². The molecule has 3 N–H and O–H groups in total. The Morgan fingerprint density at radius 2 is 1.81 bits per heavy atom. The number of nitrogens with zero attached hydrogens (tertiary/aromatic N) is 1. The summed E-state index contributed by atoms with van der Waals surface area (Å²) in [5, 5.41) is 2.92. The molecule has 1 heterocycles. The highest BCUT2D eigenvalue weighted by Crippen LogP contribution is 2.30. The van der Waals surface area contributed by atoms with Crippen molar-refractivity contribution in [1.82, 2.24) is 10.2 Å². The van der Waals surface area contributed by atoms with E-state index >= 15 is 0 Å². The van der Waals surface area contributed by atoms with Gasteiger partial charge in [0.2, 0.25) is 11.8 Å². The standard InChI is InChI=1S/C15H27N3O2.ClH/c16-11-12-5-4-6-13(12)15(20)17-8-7-14(19)18-9-2-1-3-10-18;/h12-13H,1-11,16H2,(H,17,20);1H/t12-,13-;/m1./s1. The molecule has 0 aromatic heterocycles. The lowest BCUT2D eigenvalue weighted by atomic mass is 9.95. The maximum Gasteiger partial charge on any atom is 0.224 e. The van der Waals surface area contributed by atoms with Gasteiger partial charge in [-0.3, -0.25) is 9.59 Å². The molecule has 1 aliphatic carbocycles. The van der Waals surface area contributed by atoms with E-state index < -0.39 is 0 Å². The molecule has 5 nitrogen and oxygen atoms in total. The van der Waals surface area contributed by atoms with Crippen LogP contribution >= 0.6 is 12.4 Å². The summed E-state index contributed by atoms with van der Waals surface area (Å²) >= 11 is 0. The average molecular weight is 318 g/mol. The largest absolute Gasteiger partial charge is 0.355 e. The van der Waals surface area contributed by atoms with Crippen molar-refractivity contribution in [3.05, 3.63) is 0 Å². The smallest absolute Gasteiger partial charge is 0.224 e. The van der Waals surface area contributed by atoms with Gasteiger partial charge in [-0.15, -0.1) is 12.4 Å². The number of halogens is 1. The zero-order chi connectivity index (χ0) is 14.4. The first-order valence-corrected chi connectivity index (χ1v) is 7.98. The molecule has 0 bridgehead atoms. The van der Waals surface area contributed by atoms with Crippen molar-refractivity contribution >= 4 is 24.2 Å². The van der Waals surface area contributed by atoms with Crippen LogP contribution < -0.4 is 11.1 Å². The van der Waals surface area contributed by atoms with Gasteiger partial charge in [-0.05, 0) is 44.6 Å². The van der Waals surface area contributed by atoms with Crippen molar-refractivity contribution in [3.63, 3.8) is 0 Å². The molecule has 1 saturated heterocycles. The van der Waals surface area contributed by atoms with Crippen molar-refractivity contribution in [2.24, 2.45) is 17.6 Å². The predicted molar refractivity (Wildman–Crippen MR) is 85.2 cm³/mol. The van der Waals surface area contributed by atoms with Gasteiger partial charge < -0.3 is 16.0 Å². The Hall–Kier alpha value is -0.810. The number of rotatable bonds is 5. The van der Waals surface area contributed by atoms with Crippen LogP contribution in [0.5, 0.6) is 0 Å². The summed E-state index contributed by atoms with van der Waals surface area (Å²) in [6.07, 6.45) is 6.95. The molecule has 1 aliphatic heterocycles. The van der Waals surface area contributed by atoms with Crippen LogP contribution in [0.25, 0.3) is 0 Å². The van der Waals surface area contributed by atoms with E-state index in [2.05, 4.69) is 5.32 Å². The molecular weight excluding hydrogens is 290 g/mol. The Balaban J connectivity index is 0.00000220. The second-order valence-corrected chi connectivity index (χ2v) is 6.02. The minimum absolute atomic E-state index is 0. The summed E-state index contributed by atoms with van der Waals surface area (Å²) < 4.78 is 0. The third-order valence-corrected chi connectivity index (χ3v) is 4.65. The molecular formula is C15H28ClN3O2. The van der Waals surface area contributed by atoms with Crippen molar-refractivity contribution in [1.29, 1.82) is 0 Å². The molecule has 2 amide bonds. The van der Waals surface area contributed by atoms with Gasteiger partial charge >= 0.3 is 0 Å². The first-order chi connectivity index (χ1) is 9.72. The predicted octanol–water partition coefficient (Wildman–Crippen LogP) is 1.30. The van der Waals surface area contributed by atoms with Crippen LogP contribution in [0, 0.1) is 11.8 Å². The van der Waals surface area contributed by atoms with Gasteiger partial charge in [0, 0.05) is 32.0 Å². The zero-order valence-corrected chi connectivity index (χ0v) is 13.5. The number of amides is 2. The van der Waals surface area contributed by atoms with Gasteiger partial charge in [0.25, 0.3) is 0 Å². The molecule has 1 saturated carbocycles. The normalized spacial score (nSPS) is 25.3. The average Bonchev–Trinajstić information content (AvgIpc) is 2.96. The fourth-order valence-electron chi connectivity index (χ4n) is 3.39. The van der Waals surface area contributed by atoms with Crippen molar-refractivity contribution in [3.8, 4) is 0 Å². The van der Waals surface area contributed by atoms with Gasteiger partial charge in [-0.2, -0.15) is 0 Å². The van der Waals surface area contributed by atoms with Crippen molar-refractivity contribution < 1.29 is 9.59 Å². The molecule has 6 heteroatoms. The van der Waals surface area contributed by atoms with E-state index in [1.165, 1.54) is 6.42 Å². The number of likely N-dealkylation sites (tertiary alicyclic amines) is 1. The molecule has 21 heavy (non-hydrogen) atoms. The summed E-state index contributed by atoms with van der Waals surface area (Å²) in [5.41, 5.74) is 5.70. The van der Waals surface area contributed by atoms with Crippen LogP contribution in [0.2, 0.25) is 0 Å². The van der Waals surface area contributed by atoms with Crippen LogP contribution in [0.3, 0.4) is 0 Å². The van der Waals surface area contributed by atoms with Gasteiger partial charge in [0.05, 0.1) is 0 Å². The number of carbonyl (C=O) groups is 2. The zero-order valence-electron chi connectivity index (χ0n) is 12.7. The van der Waals surface area contributed by atoms with Gasteiger partial charge in [-0.25, -0.2) is 0 Å². The highest BCUT2D eigenvalue weighted by molar-refractivity contribution is 5.85. The van der Waals surface area contributed by atoms with Crippen LogP contribution in [0.1, 0.15) is 44.9 Å². The number of carbonyl (C=O) groups excluding carboxylic acids is 2. The van der Waals surface area contributed by atoms with Gasteiger partial charge in [0.15, 0.2) is 0 Å². The molecule has 122 valence electrons. The molecule has 0 spiro atoms. The lowest BCUT2D eigenvalue weighted by Crippen LogP contribution is -2.39. The second kappa shape index (κ2) is 9.26. The first-order valence-electron chi connectivity index (χ1n) is 7.98. The lowest BCUT2D eigenvalue weighted by Gasteiger charge is -2.27. The number of nitrogens with one attached hydrogen (secondary N) is 1. The van der Waals surface area contributed by atoms with E-state index in [1.807, 2.05) is 4.90 Å². The van der Waals surface area contributed by atoms with E-state index in [-0.39, 0.29) is 30.1 Å². The maximum absolute atomic E-state index is 12.1. The third-order valence-electron chi connectivity index (χ3n) is 4.65. The third kappa shape index (κ3) is 5.15. The minimum Gasteiger partial charge on any atom is -0.355 e. The lowest BCUT2D eigenvalue weighted by molar-refractivity contribution is -0.132. The highest BCUT2D eigenvalue weighted by atomic mass is 35.5. The number of hydrogen-bond acceptors (Lipinski definition) is 3. The van der Waals surface area contributed by atoms with Crippen LogP contribution in [0.15, 0.2) is 0 Å². The van der Waals surface area contributed by atoms with Crippen LogP contribution in [0.4, 0.5) is 0 Å². The summed E-state index contributed by atoms with van der Waals surface area (Å²) in [6.45, 7) is 2.81. The van der Waals surface area contributed by atoms with E-state index in [4.69, 9.17) is 5.73 Å². The number of piperidine rings is 1. The molecule has 0 aromatic rings. The van der Waals surface area contributed by atoms with Gasteiger partial charge in [-0.1, -0.05) is 6.42 Å². The topological polar surface area (TPSA) is 75.4 Å². The van der Waals surface area contributed by atoms with Crippen LogP contribution in [-0.4, -0.2) is 42.9 Å². The fraction of sp³-hybridized carbons (Fsp3) is 0.867. The Kier molecular flexibility index (Phi) is 8.04. The number of nitrogens with two attached hydrogens (primary N) is 1. The summed E-state index contributed by atoms with van der Waals surface area (Å²) in [6, 6.07) is 0. The summed E-state index contributed by atoms with van der Waals surface area (Å²) in [5.74, 6) is 0.647. The Morgan fingerprint density at radius 1 is 1.10 bits per heavy atom. The van der Waals surface area contributed by atoms with Crippen LogP contribution in [-0.2, 0) is 9.59 Å². The fourth-order valence-corrected chi connectivity index (χ4v) is 3.39. The minimum atomic E-state index is 0. The van der Waals surface area contributed by atoms with E-state index in [1.54, 1.807) is 0 Å². The van der Waals surface area contributed by atoms with E-state index in [0.29, 0.717) is 25.4 Å². The Morgan fingerprint density at radius 3 is 2.48 bits per heavy atom. The quantitative estimate of drug-likeness (QED) is 0.802. The monoisotopic (exact) mass is 317 g/mol. The number of hydrogen-bond donors (Lipinski definition) is 2. The molecule has 2 aliphatic rings. The summed E-state index contributed by atoms with van der Waals surface area (Å²) in [7, 11) is 0. The maximum atomic E-state index is 12.1. The molecule has 2 rings (SSSR count). The first kappa shape index (κ1) is 18.2. The summed E-state index contributed by atoms with van der Waals surface area (Å²) in [4.78, 5) is 26.0. The van der Waals surface area contributed by atoms with E-state index in [0.717, 1.165) is 45.2 Å². The molecule has 0 aromatic carbocycles. The molecule has 2 atom stereocenters. The molecule has 2 fully saturated rings. The molecule has 0 unspecified atom stereocenters. The second-order valence-electron chi connectivity index (χ2n) is 6.02. The van der Waals surface area contributed by atoms with Gasteiger partial charge in [0.1, 0.15) is 0 Å². The van der Waals surface area contributed by atoms with Crippen molar-refractivity contribution in [2.45, 2.75) is 44.9 Å². The van der Waals surface area contributed by atoms with E-state index in [9.17, 15) is 9.59 Å². The molecule has 0 radical (unpaired) electrons. The van der Waals surface area contributed by atoms with Crippen molar-refractivity contribution in [2.75, 3.05) is 26.2 Å².